The van der Waals surface area contributed by atoms with Crippen LogP contribution in [-0.2, 0) is 17.8 Å². The molecule has 4 rings (SSSR count). The molecule has 0 unspecified atom stereocenters. The Morgan fingerprint density at radius 3 is 2.86 bits per heavy atom. The van der Waals surface area contributed by atoms with Crippen LogP contribution in [0.2, 0.25) is 5.02 Å². The summed E-state index contributed by atoms with van der Waals surface area (Å²) in [5, 5.41) is 21.4. The quantitative estimate of drug-likeness (QED) is 0.649. The number of aromatic nitrogens is 4. The van der Waals surface area contributed by atoms with Gasteiger partial charge >= 0.3 is 0 Å². The zero-order chi connectivity index (χ0) is 20.4. The van der Waals surface area contributed by atoms with Gasteiger partial charge in [0.1, 0.15) is 6.07 Å². The standard InChI is InChI=1S/C21H21ClN6O/c1-14(24-21(29)11-17-6-9-28(25-17)18-4-5-18)13-27-8-7-20(26-27)15-2-3-16(12-23)19(22)10-15/h2-3,6-10,14,18H,4-5,11,13H2,1H3,(H,24,29)/t14-/m0/s1. The van der Waals surface area contributed by atoms with Crippen molar-refractivity contribution in [1.82, 2.24) is 24.9 Å². The number of nitrogens with one attached hydrogen (secondary N) is 1. The predicted octanol–water partition coefficient (Wildman–Crippen LogP) is 3.35. The van der Waals surface area contributed by atoms with E-state index < -0.39 is 0 Å². The van der Waals surface area contributed by atoms with Crippen LogP contribution in [-0.4, -0.2) is 31.5 Å². The van der Waals surface area contributed by atoms with Gasteiger partial charge in [0.25, 0.3) is 0 Å². The molecule has 1 atom stereocenters. The van der Waals surface area contributed by atoms with E-state index in [1.54, 1.807) is 16.8 Å². The van der Waals surface area contributed by atoms with E-state index in [0.717, 1.165) is 17.0 Å². The lowest BCUT2D eigenvalue weighted by atomic mass is 10.1. The fraction of sp³-hybridized carbons (Fsp3) is 0.333. The third-order valence-electron chi connectivity index (χ3n) is 4.82. The average Bonchev–Trinajstić information content (AvgIpc) is 3.26. The number of carbonyl (C=O) groups is 1. The Bertz CT molecular complexity index is 1080. The number of hydrogen-bond acceptors (Lipinski definition) is 4. The van der Waals surface area contributed by atoms with Crippen molar-refractivity contribution >= 4 is 17.5 Å². The van der Waals surface area contributed by atoms with Crippen LogP contribution in [0.5, 0.6) is 0 Å². The molecule has 1 N–H and O–H groups in total. The van der Waals surface area contributed by atoms with Gasteiger partial charge in [0.2, 0.25) is 5.91 Å². The Labute approximate surface area is 173 Å². The maximum Gasteiger partial charge on any atom is 0.226 e. The van der Waals surface area contributed by atoms with E-state index in [4.69, 9.17) is 16.9 Å². The van der Waals surface area contributed by atoms with Gasteiger partial charge in [-0.2, -0.15) is 15.5 Å². The Morgan fingerprint density at radius 2 is 2.14 bits per heavy atom. The maximum atomic E-state index is 12.3. The van der Waals surface area contributed by atoms with Crippen molar-refractivity contribution in [2.75, 3.05) is 0 Å². The van der Waals surface area contributed by atoms with E-state index >= 15 is 0 Å². The second-order valence-electron chi connectivity index (χ2n) is 7.39. The van der Waals surface area contributed by atoms with Gasteiger partial charge in [-0.3, -0.25) is 14.2 Å². The summed E-state index contributed by atoms with van der Waals surface area (Å²) in [4.78, 5) is 12.3. The Kier molecular flexibility index (Phi) is 5.36. The lowest BCUT2D eigenvalue weighted by Gasteiger charge is -2.13. The summed E-state index contributed by atoms with van der Waals surface area (Å²) in [6.45, 7) is 2.49. The van der Waals surface area contributed by atoms with Gasteiger partial charge < -0.3 is 5.32 Å². The first-order valence-corrected chi connectivity index (χ1v) is 9.96. The van der Waals surface area contributed by atoms with E-state index in [2.05, 4.69) is 15.5 Å². The monoisotopic (exact) mass is 408 g/mol. The molecule has 2 aromatic heterocycles. The summed E-state index contributed by atoms with van der Waals surface area (Å²) < 4.78 is 3.74. The molecule has 148 valence electrons. The molecule has 1 aromatic carbocycles. The smallest absolute Gasteiger partial charge is 0.226 e. The number of halogens is 1. The molecule has 0 saturated heterocycles. The van der Waals surface area contributed by atoms with E-state index in [1.165, 1.54) is 12.8 Å². The highest BCUT2D eigenvalue weighted by Crippen LogP contribution is 2.33. The molecule has 1 aliphatic carbocycles. The number of carbonyl (C=O) groups excluding carboxylic acids is 1. The van der Waals surface area contributed by atoms with Crippen LogP contribution < -0.4 is 5.32 Å². The summed E-state index contributed by atoms with van der Waals surface area (Å²) in [5.74, 6) is -0.0511. The number of nitriles is 1. The van der Waals surface area contributed by atoms with Crippen molar-refractivity contribution in [2.24, 2.45) is 0 Å². The molecule has 0 radical (unpaired) electrons. The van der Waals surface area contributed by atoms with Gasteiger partial charge in [-0.25, -0.2) is 0 Å². The number of rotatable bonds is 7. The van der Waals surface area contributed by atoms with Crippen molar-refractivity contribution in [3.05, 3.63) is 59.0 Å². The lowest BCUT2D eigenvalue weighted by Crippen LogP contribution is -2.36. The fourth-order valence-electron chi connectivity index (χ4n) is 3.21. The third kappa shape index (κ3) is 4.66. The molecule has 3 aromatic rings. The molecular formula is C21H21ClN6O. The van der Waals surface area contributed by atoms with E-state index in [9.17, 15) is 4.79 Å². The van der Waals surface area contributed by atoms with Crippen LogP contribution >= 0.6 is 11.6 Å². The molecule has 0 spiro atoms. The highest BCUT2D eigenvalue weighted by molar-refractivity contribution is 6.32. The first-order chi connectivity index (χ1) is 14.0. The molecule has 7 nitrogen and oxygen atoms in total. The normalized spacial score (nSPS) is 14.4. The Morgan fingerprint density at radius 1 is 1.31 bits per heavy atom. The maximum absolute atomic E-state index is 12.3. The van der Waals surface area contributed by atoms with Crippen molar-refractivity contribution in [1.29, 1.82) is 5.26 Å². The van der Waals surface area contributed by atoms with Gasteiger partial charge in [0.05, 0.1) is 41.0 Å². The Balaban J connectivity index is 1.32. The van der Waals surface area contributed by atoms with Crippen molar-refractivity contribution in [3.63, 3.8) is 0 Å². The predicted molar refractivity (Wildman–Crippen MR) is 109 cm³/mol. The fourth-order valence-corrected chi connectivity index (χ4v) is 3.44. The van der Waals surface area contributed by atoms with Crippen molar-refractivity contribution in [3.8, 4) is 17.3 Å². The average molecular weight is 409 g/mol. The second-order valence-corrected chi connectivity index (χ2v) is 7.80. The minimum Gasteiger partial charge on any atom is -0.351 e. The van der Waals surface area contributed by atoms with Crippen LogP contribution in [0.25, 0.3) is 11.3 Å². The summed E-state index contributed by atoms with van der Waals surface area (Å²) in [5.41, 5.74) is 2.84. The van der Waals surface area contributed by atoms with E-state index in [0.29, 0.717) is 23.2 Å². The van der Waals surface area contributed by atoms with Crippen molar-refractivity contribution < 1.29 is 4.79 Å². The topological polar surface area (TPSA) is 88.5 Å². The molecule has 1 fully saturated rings. The SMILES string of the molecule is C[C@@H](Cn1ccc(-c2ccc(C#N)c(Cl)c2)n1)NC(=O)Cc1ccn(C2CC2)n1. The largest absolute Gasteiger partial charge is 0.351 e. The molecule has 8 heteroatoms. The molecule has 1 aliphatic rings. The summed E-state index contributed by atoms with van der Waals surface area (Å²) in [6, 6.07) is 11.5. The third-order valence-corrected chi connectivity index (χ3v) is 5.13. The summed E-state index contributed by atoms with van der Waals surface area (Å²) >= 11 is 6.11. The Hall–Kier alpha value is -3.11. The van der Waals surface area contributed by atoms with E-state index in [1.807, 2.05) is 48.3 Å². The number of hydrogen-bond donors (Lipinski definition) is 1. The van der Waals surface area contributed by atoms with Crippen molar-refractivity contribution in [2.45, 2.75) is 44.8 Å². The summed E-state index contributed by atoms with van der Waals surface area (Å²) in [6.07, 6.45) is 6.43. The molecule has 0 bridgehead atoms. The van der Waals surface area contributed by atoms with Gasteiger partial charge in [-0.05, 0) is 44.0 Å². The molecule has 29 heavy (non-hydrogen) atoms. The highest BCUT2D eigenvalue weighted by Gasteiger charge is 2.24. The highest BCUT2D eigenvalue weighted by atomic mass is 35.5. The molecule has 1 saturated carbocycles. The van der Waals surface area contributed by atoms with Gasteiger partial charge in [0, 0.05) is 24.0 Å². The van der Waals surface area contributed by atoms with Crippen LogP contribution in [0, 0.1) is 11.3 Å². The lowest BCUT2D eigenvalue weighted by molar-refractivity contribution is -0.121. The molecular weight excluding hydrogens is 388 g/mol. The van der Waals surface area contributed by atoms with Crippen LogP contribution in [0.3, 0.4) is 0 Å². The first-order valence-electron chi connectivity index (χ1n) is 9.58. The number of nitrogens with zero attached hydrogens (tertiary/aromatic N) is 5. The van der Waals surface area contributed by atoms with Gasteiger partial charge in [-0.1, -0.05) is 17.7 Å². The zero-order valence-corrected chi connectivity index (χ0v) is 16.8. The van der Waals surface area contributed by atoms with Gasteiger partial charge in [0.15, 0.2) is 0 Å². The van der Waals surface area contributed by atoms with Gasteiger partial charge in [-0.15, -0.1) is 0 Å². The van der Waals surface area contributed by atoms with Crippen LogP contribution in [0.15, 0.2) is 42.7 Å². The zero-order valence-electron chi connectivity index (χ0n) is 16.0. The summed E-state index contributed by atoms with van der Waals surface area (Å²) in [7, 11) is 0. The van der Waals surface area contributed by atoms with Crippen LogP contribution in [0.4, 0.5) is 0 Å². The minimum absolute atomic E-state index is 0.0511. The number of amides is 1. The first kappa shape index (κ1) is 19.2. The minimum atomic E-state index is -0.0784. The molecule has 2 heterocycles. The van der Waals surface area contributed by atoms with Crippen LogP contribution in [0.1, 0.15) is 37.1 Å². The van der Waals surface area contributed by atoms with E-state index in [-0.39, 0.29) is 18.4 Å². The second kappa shape index (κ2) is 8.10. The number of benzene rings is 1. The molecule has 1 amide bonds. The molecule has 0 aliphatic heterocycles.